The smallest absolute Gasteiger partial charge is 0.124 e. The molecule has 1 aliphatic heterocycles. The number of anilines is 1. The molecule has 2 rings (SSSR count). The normalized spacial score (nSPS) is 16.5. The van der Waals surface area contributed by atoms with Gasteiger partial charge in [-0.2, -0.15) is 0 Å². The molecule has 0 unspecified atom stereocenters. The lowest BCUT2D eigenvalue weighted by Crippen LogP contribution is -2.39. The molecule has 1 aromatic carbocycles. The summed E-state index contributed by atoms with van der Waals surface area (Å²) >= 11 is 0. The zero-order valence-electron chi connectivity index (χ0n) is 13.7. The average Bonchev–Trinajstić information content (AvgIpc) is 2.56. The van der Waals surface area contributed by atoms with E-state index in [0.717, 1.165) is 62.5 Å². The second-order valence-corrected chi connectivity index (χ2v) is 5.79. The highest BCUT2D eigenvalue weighted by molar-refractivity contribution is 5.54. The molecule has 0 aromatic heterocycles. The maximum Gasteiger partial charge on any atom is 0.124 e. The van der Waals surface area contributed by atoms with Gasteiger partial charge in [0, 0.05) is 49.6 Å². The van der Waals surface area contributed by atoms with E-state index in [1.807, 2.05) is 18.2 Å². The number of rotatable bonds is 8. The molecular weight excluding hydrogens is 280 g/mol. The average molecular weight is 308 g/mol. The molecule has 1 aliphatic rings. The van der Waals surface area contributed by atoms with Crippen molar-refractivity contribution in [2.45, 2.75) is 31.7 Å². The largest absolute Gasteiger partial charge is 0.497 e. The number of ether oxygens (including phenoxy) is 2. The maximum absolute atomic E-state index is 8.84. The van der Waals surface area contributed by atoms with Gasteiger partial charge in [-0.05, 0) is 32.2 Å². The van der Waals surface area contributed by atoms with E-state index in [0.29, 0.717) is 12.6 Å². The quantitative estimate of drug-likeness (QED) is 0.722. The molecule has 0 spiro atoms. The summed E-state index contributed by atoms with van der Waals surface area (Å²) in [6, 6.07) is 6.40. The first-order valence-corrected chi connectivity index (χ1v) is 8.08. The third-order valence-electron chi connectivity index (χ3n) is 4.19. The fourth-order valence-corrected chi connectivity index (χ4v) is 2.87. The predicted octanol–water partition coefficient (Wildman–Crippen LogP) is 2.35. The number of likely N-dealkylation sites (tertiary alicyclic amines) is 1. The Balaban J connectivity index is 1.83. The van der Waals surface area contributed by atoms with Crippen LogP contribution in [0.5, 0.6) is 11.5 Å². The van der Waals surface area contributed by atoms with Crippen LogP contribution in [-0.2, 0) is 0 Å². The van der Waals surface area contributed by atoms with Gasteiger partial charge in [0.25, 0.3) is 0 Å². The van der Waals surface area contributed by atoms with E-state index in [9.17, 15) is 0 Å². The maximum atomic E-state index is 8.84. The van der Waals surface area contributed by atoms with Crippen LogP contribution in [0.1, 0.15) is 25.7 Å². The van der Waals surface area contributed by atoms with Gasteiger partial charge in [0.1, 0.15) is 11.5 Å². The zero-order valence-corrected chi connectivity index (χ0v) is 13.7. The van der Waals surface area contributed by atoms with Crippen molar-refractivity contribution in [2.75, 3.05) is 45.8 Å². The molecular formula is C17H28N2O3. The van der Waals surface area contributed by atoms with Crippen molar-refractivity contribution in [3.05, 3.63) is 18.2 Å². The van der Waals surface area contributed by atoms with E-state index in [1.54, 1.807) is 14.2 Å². The number of aliphatic hydroxyl groups is 1. The van der Waals surface area contributed by atoms with Crippen molar-refractivity contribution in [3.63, 3.8) is 0 Å². The van der Waals surface area contributed by atoms with Gasteiger partial charge in [0.05, 0.1) is 14.2 Å². The van der Waals surface area contributed by atoms with Gasteiger partial charge in [0.15, 0.2) is 0 Å². The number of nitrogens with one attached hydrogen (secondary N) is 1. The lowest BCUT2D eigenvalue weighted by Gasteiger charge is -2.33. The third kappa shape index (κ3) is 5.07. The first-order valence-electron chi connectivity index (χ1n) is 8.08. The first kappa shape index (κ1) is 16.9. The number of piperidine rings is 1. The molecule has 2 N–H and O–H groups in total. The molecule has 0 saturated carbocycles. The number of hydrogen-bond donors (Lipinski definition) is 2. The number of hydrogen-bond acceptors (Lipinski definition) is 5. The second-order valence-electron chi connectivity index (χ2n) is 5.79. The van der Waals surface area contributed by atoms with Gasteiger partial charge in [-0.1, -0.05) is 0 Å². The number of benzene rings is 1. The number of nitrogens with zero attached hydrogens (tertiary/aromatic N) is 1. The van der Waals surface area contributed by atoms with Gasteiger partial charge in [0.2, 0.25) is 0 Å². The van der Waals surface area contributed by atoms with Crippen LogP contribution in [0.25, 0.3) is 0 Å². The Morgan fingerprint density at radius 2 is 1.73 bits per heavy atom. The van der Waals surface area contributed by atoms with Crippen molar-refractivity contribution < 1.29 is 14.6 Å². The van der Waals surface area contributed by atoms with Crippen molar-refractivity contribution >= 4 is 5.69 Å². The van der Waals surface area contributed by atoms with Gasteiger partial charge in [-0.15, -0.1) is 0 Å². The van der Waals surface area contributed by atoms with Crippen molar-refractivity contribution in [3.8, 4) is 11.5 Å². The molecule has 124 valence electrons. The minimum Gasteiger partial charge on any atom is -0.497 e. The Hall–Kier alpha value is -1.46. The zero-order chi connectivity index (χ0) is 15.8. The Morgan fingerprint density at radius 3 is 2.27 bits per heavy atom. The summed E-state index contributed by atoms with van der Waals surface area (Å²) in [5.41, 5.74) is 1.05. The van der Waals surface area contributed by atoms with Crippen LogP contribution in [0.4, 0.5) is 5.69 Å². The van der Waals surface area contributed by atoms with Crippen LogP contribution in [0.2, 0.25) is 0 Å². The topological polar surface area (TPSA) is 54.0 Å². The van der Waals surface area contributed by atoms with E-state index < -0.39 is 0 Å². The molecule has 0 atom stereocenters. The van der Waals surface area contributed by atoms with Crippen molar-refractivity contribution in [2.24, 2.45) is 0 Å². The fraction of sp³-hybridized carbons (Fsp3) is 0.647. The summed E-state index contributed by atoms with van der Waals surface area (Å²) in [5, 5.41) is 12.4. The highest BCUT2D eigenvalue weighted by Gasteiger charge is 2.19. The molecule has 0 aliphatic carbocycles. The minimum atomic E-state index is 0.301. The van der Waals surface area contributed by atoms with Gasteiger partial charge >= 0.3 is 0 Å². The molecule has 5 heteroatoms. The van der Waals surface area contributed by atoms with Crippen LogP contribution in [0.3, 0.4) is 0 Å². The Morgan fingerprint density at radius 1 is 1.09 bits per heavy atom. The second kappa shape index (κ2) is 8.86. The number of methoxy groups -OCH3 is 2. The molecule has 0 amide bonds. The summed E-state index contributed by atoms with van der Waals surface area (Å²) in [6.07, 6.45) is 4.26. The summed E-state index contributed by atoms with van der Waals surface area (Å²) in [5.74, 6) is 1.62. The Kier molecular flexibility index (Phi) is 6.80. The van der Waals surface area contributed by atoms with Crippen LogP contribution >= 0.6 is 0 Å². The fourth-order valence-electron chi connectivity index (χ4n) is 2.87. The van der Waals surface area contributed by atoms with E-state index in [2.05, 4.69) is 10.2 Å². The molecule has 0 radical (unpaired) electrons. The van der Waals surface area contributed by atoms with Gasteiger partial charge < -0.3 is 24.8 Å². The number of unbranched alkanes of at least 4 members (excludes halogenated alkanes) is 1. The molecule has 1 fully saturated rings. The molecule has 1 heterocycles. The first-order chi connectivity index (χ1) is 10.7. The molecule has 22 heavy (non-hydrogen) atoms. The Bertz CT molecular complexity index is 423. The monoisotopic (exact) mass is 308 g/mol. The summed E-state index contributed by atoms with van der Waals surface area (Å²) in [7, 11) is 3.34. The van der Waals surface area contributed by atoms with E-state index in [-0.39, 0.29) is 0 Å². The standard InChI is InChI=1S/C17H28N2O3/c1-21-16-11-15(12-17(13-16)22-2)18-14-5-8-19(9-6-14)7-3-4-10-20/h11-14,18,20H,3-10H2,1-2H3. The van der Waals surface area contributed by atoms with Crippen LogP contribution in [-0.4, -0.2) is 56.5 Å². The summed E-state index contributed by atoms with van der Waals surface area (Å²) in [4.78, 5) is 2.49. The van der Waals surface area contributed by atoms with Gasteiger partial charge in [-0.25, -0.2) is 0 Å². The molecule has 5 nitrogen and oxygen atoms in total. The summed E-state index contributed by atoms with van der Waals surface area (Å²) < 4.78 is 10.6. The predicted molar refractivity (Wildman–Crippen MR) is 89.0 cm³/mol. The van der Waals surface area contributed by atoms with Crippen LogP contribution < -0.4 is 14.8 Å². The highest BCUT2D eigenvalue weighted by Crippen LogP contribution is 2.27. The van der Waals surface area contributed by atoms with Gasteiger partial charge in [-0.3, -0.25) is 0 Å². The molecule has 1 saturated heterocycles. The van der Waals surface area contributed by atoms with E-state index >= 15 is 0 Å². The summed E-state index contributed by atoms with van der Waals surface area (Å²) in [6.45, 7) is 3.63. The van der Waals surface area contributed by atoms with Crippen molar-refractivity contribution in [1.82, 2.24) is 4.90 Å². The molecule has 0 bridgehead atoms. The number of aliphatic hydroxyl groups excluding tert-OH is 1. The van der Waals surface area contributed by atoms with Crippen molar-refractivity contribution in [1.29, 1.82) is 0 Å². The van der Waals surface area contributed by atoms with E-state index in [1.165, 1.54) is 0 Å². The Labute approximate surface area is 133 Å². The van der Waals surface area contributed by atoms with E-state index in [4.69, 9.17) is 14.6 Å². The lowest BCUT2D eigenvalue weighted by atomic mass is 10.0. The lowest BCUT2D eigenvalue weighted by molar-refractivity contribution is 0.205. The third-order valence-corrected chi connectivity index (χ3v) is 4.19. The van der Waals surface area contributed by atoms with Crippen LogP contribution in [0, 0.1) is 0 Å². The SMILES string of the molecule is COc1cc(NC2CCN(CCCCO)CC2)cc(OC)c1. The van der Waals surface area contributed by atoms with Crippen LogP contribution in [0.15, 0.2) is 18.2 Å². The minimum absolute atomic E-state index is 0.301. The molecule has 1 aromatic rings. The highest BCUT2D eigenvalue weighted by atomic mass is 16.5.